The van der Waals surface area contributed by atoms with Gasteiger partial charge in [-0.25, -0.2) is 0 Å². The Kier molecular flexibility index (Phi) is 6.33. The standard InChI is InChI=1S/C16H25BrN2O/c1-3-7-18-13(2)15-6-5-14(17)12-16(15)19-8-4-10-20-11-9-19/h5-6,12-13,18H,3-4,7-11H2,1-2H3. The van der Waals surface area contributed by atoms with E-state index in [-0.39, 0.29) is 0 Å². The molecule has 0 amide bonds. The van der Waals surface area contributed by atoms with Crippen LogP contribution >= 0.6 is 15.9 Å². The highest BCUT2D eigenvalue weighted by atomic mass is 79.9. The number of hydrogen-bond donors (Lipinski definition) is 1. The van der Waals surface area contributed by atoms with Crippen LogP contribution in [-0.4, -0.2) is 32.8 Å². The molecule has 1 fully saturated rings. The van der Waals surface area contributed by atoms with Gasteiger partial charge in [-0.05, 0) is 44.0 Å². The summed E-state index contributed by atoms with van der Waals surface area (Å²) in [6.45, 7) is 9.25. The van der Waals surface area contributed by atoms with Crippen molar-refractivity contribution in [3.05, 3.63) is 28.2 Å². The minimum absolute atomic E-state index is 0.377. The summed E-state index contributed by atoms with van der Waals surface area (Å²) in [6.07, 6.45) is 2.26. The molecule has 0 spiro atoms. The molecule has 0 radical (unpaired) electrons. The van der Waals surface area contributed by atoms with E-state index >= 15 is 0 Å². The van der Waals surface area contributed by atoms with Crippen molar-refractivity contribution in [1.29, 1.82) is 0 Å². The number of nitrogens with zero attached hydrogens (tertiary/aromatic N) is 1. The van der Waals surface area contributed by atoms with E-state index in [4.69, 9.17) is 4.74 Å². The molecular formula is C16H25BrN2O. The Bertz CT molecular complexity index is 417. The van der Waals surface area contributed by atoms with Gasteiger partial charge >= 0.3 is 0 Å². The van der Waals surface area contributed by atoms with Crippen molar-refractivity contribution in [2.75, 3.05) is 37.7 Å². The van der Waals surface area contributed by atoms with Gasteiger partial charge in [-0.2, -0.15) is 0 Å². The molecule has 20 heavy (non-hydrogen) atoms. The van der Waals surface area contributed by atoms with E-state index in [1.807, 2.05) is 0 Å². The second-order valence-electron chi connectivity index (χ2n) is 5.33. The SMILES string of the molecule is CCCNC(C)c1ccc(Br)cc1N1CCCOCC1. The molecule has 112 valence electrons. The zero-order chi connectivity index (χ0) is 14.4. The minimum atomic E-state index is 0.377. The van der Waals surface area contributed by atoms with Crippen LogP contribution in [0, 0.1) is 0 Å². The number of rotatable bonds is 5. The van der Waals surface area contributed by atoms with Crippen molar-refractivity contribution in [2.24, 2.45) is 0 Å². The molecule has 0 saturated carbocycles. The monoisotopic (exact) mass is 340 g/mol. The third-order valence-electron chi connectivity index (χ3n) is 3.72. The number of ether oxygens (including phenoxy) is 1. The van der Waals surface area contributed by atoms with Crippen molar-refractivity contribution in [3.63, 3.8) is 0 Å². The van der Waals surface area contributed by atoms with Gasteiger partial charge in [0.25, 0.3) is 0 Å². The fourth-order valence-electron chi connectivity index (χ4n) is 2.61. The highest BCUT2D eigenvalue weighted by molar-refractivity contribution is 9.10. The topological polar surface area (TPSA) is 24.5 Å². The molecule has 1 N–H and O–H groups in total. The largest absolute Gasteiger partial charge is 0.380 e. The first-order chi connectivity index (χ1) is 9.72. The summed E-state index contributed by atoms with van der Waals surface area (Å²) in [4.78, 5) is 2.46. The lowest BCUT2D eigenvalue weighted by Gasteiger charge is -2.28. The Balaban J connectivity index is 2.22. The molecule has 1 aliphatic rings. The molecule has 1 heterocycles. The molecule has 1 aromatic rings. The van der Waals surface area contributed by atoms with Gasteiger partial charge in [-0.15, -0.1) is 0 Å². The Hall–Kier alpha value is -0.580. The highest BCUT2D eigenvalue weighted by Gasteiger charge is 2.17. The van der Waals surface area contributed by atoms with Crippen LogP contribution in [0.1, 0.15) is 38.3 Å². The van der Waals surface area contributed by atoms with E-state index in [1.54, 1.807) is 0 Å². The fraction of sp³-hybridized carbons (Fsp3) is 0.625. The maximum absolute atomic E-state index is 5.57. The predicted molar refractivity (Wildman–Crippen MR) is 88.5 cm³/mol. The number of nitrogens with one attached hydrogen (secondary N) is 1. The smallest absolute Gasteiger partial charge is 0.0641 e. The molecule has 1 saturated heterocycles. The van der Waals surface area contributed by atoms with Crippen LogP contribution in [0.15, 0.2) is 22.7 Å². The lowest BCUT2D eigenvalue weighted by Crippen LogP contribution is -2.29. The highest BCUT2D eigenvalue weighted by Crippen LogP contribution is 2.30. The summed E-state index contributed by atoms with van der Waals surface area (Å²) in [5.74, 6) is 0. The first-order valence-electron chi connectivity index (χ1n) is 7.58. The first-order valence-corrected chi connectivity index (χ1v) is 8.37. The molecule has 2 rings (SSSR count). The summed E-state index contributed by atoms with van der Waals surface area (Å²) in [5.41, 5.74) is 2.71. The Morgan fingerprint density at radius 3 is 3.00 bits per heavy atom. The number of hydrogen-bond acceptors (Lipinski definition) is 3. The predicted octanol–water partition coefficient (Wildman–Crippen LogP) is 3.74. The van der Waals surface area contributed by atoms with Gasteiger partial charge in [0, 0.05) is 35.9 Å². The molecule has 0 aliphatic carbocycles. The number of benzene rings is 1. The summed E-state index contributed by atoms with van der Waals surface area (Å²) in [6, 6.07) is 6.99. The molecule has 4 heteroatoms. The summed E-state index contributed by atoms with van der Waals surface area (Å²) in [5, 5.41) is 3.59. The van der Waals surface area contributed by atoms with Gasteiger partial charge in [0.15, 0.2) is 0 Å². The van der Waals surface area contributed by atoms with Gasteiger partial charge in [0.05, 0.1) is 6.61 Å². The van der Waals surface area contributed by atoms with Gasteiger partial charge in [-0.3, -0.25) is 0 Å². The molecule has 3 nitrogen and oxygen atoms in total. The summed E-state index contributed by atoms with van der Waals surface area (Å²) in [7, 11) is 0. The van der Waals surface area contributed by atoms with E-state index in [0.717, 1.165) is 50.2 Å². The average Bonchev–Trinajstić information content (AvgIpc) is 2.73. The van der Waals surface area contributed by atoms with Gasteiger partial charge in [-0.1, -0.05) is 28.9 Å². The van der Waals surface area contributed by atoms with E-state index in [1.165, 1.54) is 11.3 Å². The van der Waals surface area contributed by atoms with E-state index in [0.29, 0.717) is 6.04 Å². The van der Waals surface area contributed by atoms with E-state index in [9.17, 15) is 0 Å². The molecule has 1 aromatic carbocycles. The Morgan fingerprint density at radius 2 is 2.20 bits per heavy atom. The molecule has 0 aromatic heterocycles. The quantitative estimate of drug-likeness (QED) is 0.883. The van der Waals surface area contributed by atoms with Crippen LogP contribution < -0.4 is 10.2 Å². The van der Waals surface area contributed by atoms with Crippen LogP contribution in [-0.2, 0) is 4.74 Å². The number of halogens is 1. The summed E-state index contributed by atoms with van der Waals surface area (Å²) < 4.78 is 6.72. The van der Waals surface area contributed by atoms with Gasteiger partial charge < -0.3 is 15.0 Å². The van der Waals surface area contributed by atoms with Crippen LogP contribution in [0.5, 0.6) is 0 Å². The van der Waals surface area contributed by atoms with Crippen molar-refractivity contribution < 1.29 is 4.74 Å². The van der Waals surface area contributed by atoms with Crippen molar-refractivity contribution in [1.82, 2.24) is 5.32 Å². The molecular weight excluding hydrogens is 316 g/mol. The van der Waals surface area contributed by atoms with Crippen LogP contribution in [0.3, 0.4) is 0 Å². The normalized spacial score (nSPS) is 17.9. The first kappa shape index (κ1) is 15.8. The lowest BCUT2D eigenvalue weighted by atomic mass is 10.0. The van der Waals surface area contributed by atoms with Gasteiger partial charge in [0.1, 0.15) is 0 Å². The van der Waals surface area contributed by atoms with Crippen LogP contribution in [0.25, 0.3) is 0 Å². The zero-order valence-corrected chi connectivity index (χ0v) is 14.1. The molecule has 1 unspecified atom stereocenters. The number of anilines is 1. The third-order valence-corrected chi connectivity index (χ3v) is 4.22. The Morgan fingerprint density at radius 1 is 1.35 bits per heavy atom. The van der Waals surface area contributed by atoms with Crippen molar-refractivity contribution in [2.45, 2.75) is 32.7 Å². The zero-order valence-electron chi connectivity index (χ0n) is 12.5. The van der Waals surface area contributed by atoms with Gasteiger partial charge in [0.2, 0.25) is 0 Å². The Labute approximate surface area is 130 Å². The minimum Gasteiger partial charge on any atom is -0.380 e. The molecule has 1 aliphatic heterocycles. The second-order valence-corrected chi connectivity index (χ2v) is 6.25. The van der Waals surface area contributed by atoms with Crippen LogP contribution in [0.4, 0.5) is 5.69 Å². The lowest BCUT2D eigenvalue weighted by molar-refractivity contribution is 0.152. The fourth-order valence-corrected chi connectivity index (χ4v) is 2.96. The second kappa shape index (κ2) is 8.01. The van der Waals surface area contributed by atoms with Crippen molar-refractivity contribution in [3.8, 4) is 0 Å². The van der Waals surface area contributed by atoms with Crippen molar-refractivity contribution >= 4 is 21.6 Å². The third kappa shape index (κ3) is 4.21. The van der Waals surface area contributed by atoms with E-state index < -0.39 is 0 Å². The molecule has 1 atom stereocenters. The maximum atomic E-state index is 5.57. The maximum Gasteiger partial charge on any atom is 0.0641 e. The van der Waals surface area contributed by atoms with E-state index in [2.05, 4.69) is 58.2 Å². The van der Waals surface area contributed by atoms with Crippen LogP contribution in [0.2, 0.25) is 0 Å². The molecule has 0 bridgehead atoms. The average molecular weight is 341 g/mol. The summed E-state index contributed by atoms with van der Waals surface area (Å²) >= 11 is 3.61.